The molecule has 0 saturated heterocycles. The number of hydrogen-bond acceptors (Lipinski definition) is 3. The van der Waals surface area contributed by atoms with Gasteiger partial charge in [0.1, 0.15) is 11.4 Å². The fourth-order valence-electron chi connectivity index (χ4n) is 2.70. The Morgan fingerprint density at radius 1 is 1.08 bits per heavy atom. The highest BCUT2D eigenvalue weighted by Gasteiger charge is 2.31. The zero-order valence-electron chi connectivity index (χ0n) is 15.2. The summed E-state index contributed by atoms with van der Waals surface area (Å²) in [6.45, 7) is 7.13. The number of aryl methyl sites for hydroxylation is 3. The standard InChI is InChI=1S/C19H24FNO3S/c1-13-10-15(3)18(11-14(13)2)25(22,23)21-12-19(4,24-5)16-8-6-7-9-17(16)20/h6-11,21H,12H2,1-5H3/t19-/m0/s1. The highest BCUT2D eigenvalue weighted by atomic mass is 32.2. The highest BCUT2D eigenvalue weighted by Crippen LogP contribution is 2.27. The summed E-state index contributed by atoms with van der Waals surface area (Å²) in [5, 5.41) is 0. The molecular formula is C19H24FNO3S. The predicted molar refractivity (Wildman–Crippen MR) is 96.6 cm³/mol. The molecule has 0 saturated carbocycles. The van der Waals surface area contributed by atoms with Crippen molar-refractivity contribution in [1.82, 2.24) is 4.72 Å². The van der Waals surface area contributed by atoms with E-state index in [4.69, 9.17) is 4.74 Å². The number of methoxy groups -OCH3 is 1. The van der Waals surface area contributed by atoms with Gasteiger partial charge in [0.15, 0.2) is 0 Å². The van der Waals surface area contributed by atoms with Gasteiger partial charge in [-0.05, 0) is 56.5 Å². The van der Waals surface area contributed by atoms with Crippen molar-refractivity contribution in [3.05, 3.63) is 64.5 Å². The van der Waals surface area contributed by atoms with E-state index in [1.807, 2.05) is 19.9 Å². The van der Waals surface area contributed by atoms with Crippen molar-refractivity contribution in [3.8, 4) is 0 Å². The lowest BCUT2D eigenvalue weighted by Crippen LogP contribution is -2.40. The number of nitrogens with one attached hydrogen (secondary N) is 1. The molecule has 2 rings (SSSR count). The van der Waals surface area contributed by atoms with Crippen LogP contribution < -0.4 is 4.72 Å². The lowest BCUT2D eigenvalue weighted by molar-refractivity contribution is 0.00410. The number of halogens is 1. The van der Waals surface area contributed by atoms with Gasteiger partial charge >= 0.3 is 0 Å². The molecule has 0 fully saturated rings. The minimum atomic E-state index is -3.75. The van der Waals surface area contributed by atoms with Gasteiger partial charge in [-0.25, -0.2) is 17.5 Å². The van der Waals surface area contributed by atoms with Crippen LogP contribution in [0.25, 0.3) is 0 Å². The maximum absolute atomic E-state index is 14.1. The summed E-state index contributed by atoms with van der Waals surface area (Å²) >= 11 is 0. The SMILES string of the molecule is CO[C@@](C)(CNS(=O)(=O)c1cc(C)c(C)cc1C)c1ccccc1F. The summed E-state index contributed by atoms with van der Waals surface area (Å²) in [7, 11) is -2.31. The van der Waals surface area contributed by atoms with Gasteiger partial charge in [-0.3, -0.25) is 0 Å². The van der Waals surface area contributed by atoms with Crippen LogP contribution in [-0.4, -0.2) is 22.1 Å². The molecule has 0 spiro atoms. The van der Waals surface area contributed by atoms with Crippen LogP contribution in [0.15, 0.2) is 41.3 Å². The molecule has 0 radical (unpaired) electrons. The Kier molecular flexibility index (Phi) is 5.66. The Bertz CT molecular complexity index is 880. The number of hydrogen-bond donors (Lipinski definition) is 1. The Morgan fingerprint density at radius 3 is 2.28 bits per heavy atom. The van der Waals surface area contributed by atoms with Gasteiger partial charge in [-0.1, -0.05) is 24.3 Å². The third kappa shape index (κ3) is 4.08. The molecular weight excluding hydrogens is 341 g/mol. The largest absolute Gasteiger partial charge is 0.372 e. The Hall–Kier alpha value is -1.76. The summed E-state index contributed by atoms with van der Waals surface area (Å²) in [6, 6.07) is 9.69. The second-order valence-electron chi connectivity index (χ2n) is 6.44. The van der Waals surface area contributed by atoms with Crippen LogP contribution in [0.3, 0.4) is 0 Å². The number of rotatable bonds is 6. The van der Waals surface area contributed by atoms with Crippen LogP contribution in [0.2, 0.25) is 0 Å². The summed E-state index contributed by atoms with van der Waals surface area (Å²) < 4.78 is 47.6. The maximum Gasteiger partial charge on any atom is 0.240 e. The van der Waals surface area contributed by atoms with Crippen LogP contribution in [0.1, 0.15) is 29.2 Å². The van der Waals surface area contributed by atoms with Crippen molar-refractivity contribution in [1.29, 1.82) is 0 Å². The van der Waals surface area contributed by atoms with Gasteiger partial charge in [-0.2, -0.15) is 0 Å². The van der Waals surface area contributed by atoms with Gasteiger partial charge in [0.05, 0.1) is 4.90 Å². The number of benzene rings is 2. The molecule has 0 aromatic heterocycles. The van der Waals surface area contributed by atoms with E-state index < -0.39 is 21.4 Å². The van der Waals surface area contributed by atoms with Crippen LogP contribution in [0, 0.1) is 26.6 Å². The lowest BCUT2D eigenvalue weighted by atomic mass is 9.95. The van der Waals surface area contributed by atoms with Gasteiger partial charge in [0.2, 0.25) is 10.0 Å². The van der Waals surface area contributed by atoms with Crippen LogP contribution in [0.4, 0.5) is 4.39 Å². The third-order valence-electron chi connectivity index (χ3n) is 4.57. The molecule has 1 atom stereocenters. The second kappa shape index (κ2) is 7.23. The van der Waals surface area contributed by atoms with Gasteiger partial charge in [-0.15, -0.1) is 0 Å². The Labute approximate surface area is 149 Å². The van der Waals surface area contributed by atoms with E-state index in [-0.39, 0.29) is 11.4 Å². The van der Waals surface area contributed by atoms with Gasteiger partial charge in [0.25, 0.3) is 0 Å². The van der Waals surface area contributed by atoms with E-state index in [0.29, 0.717) is 11.1 Å². The normalized spacial score (nSPS) is 14.3. The van der Waals surface area contributed by atoms with Gasteiger partial charge < -0.3 is 4.74 Å². The van der Waals surface area contributed by atoms with E-state index in [1.165, 1.54) is 13.2 Å². The van der Waals surface area contributed by atoms with Crippen LogP contribution >= 0.6 is 0 Å². The molecule has 136 valence electrons. The van der Waals surface area contributed by atoms with E-state index in [9.17, 15) is 12.8 Å². The second-order valence-corrected chi connectivity index (χ2v) is 8.18. The molecule has 0 bridgehead atoms. The molecule has 0 aliphatic carbocycles. The molecule has 0 heterocycles. The molecule has 0 aliphatic rings. The minimum Gasteiger partial charge on any atom is -0.372 e. The summed E-state index contributed by atoms with van der Waals surface area (Å²) in [6.07, 6.45) is 0. The monoisotopic (exact) mass is 365 g/mol. The van der Waals surface area contributed by atoms with Crippen molar-refractivity contribution in [2.75, 3.05) is 13.7 Å². The Morgan fingerprint density at radius 2 is 1.68 bits per heavy atom. The molecule has 6 heteroatoms. The first-order valence-corrected chi connectivity index (χ1v) is 9.47. The molecule has 2 aromatic rings. The topological polar surface area (TPSA) is 55.4 Å². The molecule has 4 nitrogen and oxygen atoms in total. The van der Waals surface area contributed by atoms with E-state index in [0.717, 1.165) is 11.1 Å². The minimum absolute atomic E-state index is 0.0842. The van der Waals surface area contributed by atoms with Crippen molar-refractivity contribution in [2.24, 2.45) is 0 Å². The first-order chi connectivity index (χ1) is 11.6. The van der Waals surface area contributed by atoms with Crippen molar-refractivity contribution in [3.63, 3.8) is 0 Å². The Balaban J connectivity index is 2.32. The van der Waals surface area contributed by atoms with Crippen LogP contribution in [-0.2, 0) is 20.4 Å². The molecule has 2 aromatic carbocycles. The van der Waals surface area contributed by atoms with E-state index in [2.05, 4.69) is 4.72 Å². The smallest absolute Gasteiger partial charge is 0.240 e. The zero-order valence-corrected chi connectivity index (χ0v) is 16.0. The van der Waals surface area contributed by atoms with Gasteiger partial charge in [0, 0.05) is 19.2 Å². The van der Waals surface area contributed by atoms with Crippen molar-refractivity contribution >= 4 is 10.0 Å². The van der Waals surface area contributed by atoms with Crippen molar-refractivity contribution in [2.45, 2.75) is 38.2 Å². The first-order valence-electron chi connectivity index (χ1n) is 7.98. The quantitative estimate of drug-likeness (QED) is 0.851. The molecule has 25 heavy (non-hydrogen) atoms. The molecule has 0 aliphatic heterocycles. The average molecular weight is 365 g/mol. The van der Waals surface area contributed by atoms with Crippen LogP contribution in [0.5, 0.6) is 0 Å². The molecule has 0 amide bonds. The lowest BCUT2D eigenvalue weighted by Gasteiger charge is -2.29. The maximum atomic E-state index is 14.1. The fraction of sp³-hybridized carbons (Fsp3) is 0.368. The number of sulfonamides is 1. The van der Waals surface area contributed by atoms with Crippen molar-refractivity contribution < 1.29 is 17.5 Å². The first kappa shape index (κ1) is 19.6. The summed E-state index contributed by atoms with van der Waals surface area (Å²) in [5.41, 5.74) is 1.78. The summed E-state index contributed by atoms with van der Waals surface area (Å²) in [4.78, 5) is 0.225. The van der Waals surface area contributed by atoms with E-state index in [1.54, 1.807) is 38.1 Å². The third-order valence-corrected chi connectivity index (χ3v) is 6.12. The number of ether oxygens (including phenoxy) is 1. The zero-order chi connectivity index (χ0) is 18.8. The average Bonchev–Trinajstić information content (AvgIpc) is 2.56. The summed E-state index contributed by atoms with van der Waals surface area (Å²) in [5.74, 6) is -0.437. The predicted octanol–water partition coefficient (Wildman–Crippen LogP) is 3.59. The fourth-order valence-corrected chi connectivity index (χ4v) is 4.14. The molecule has 0 unspecified atom stereocenters. The molecule has 1 N–H and O–H groups in total. The highest BCUT2D eigenvalue weighted by molar-refractivity contribution is 7.89. The van der Waals surface area contributed by atoms with E-state index >= 15 is 0 Å².